The summed E-state index contributed by atoms with van der Waals surface area (Å²) in [7, 11) is 0. The molecule has 0 unspecified atom stereocenters. The molecule has 0 aliphatic heterocycles. The summed E-state index contributed by atoms with van der Waals surface area (Å²) in [6.45, 7) is 2.91. The second-order valence-corrected chi connectivity index (χ2v) is 5.27. The lowest BCUT2D eigenvalue weighted by atomic mass is 10.1. The lowest BCUT2D eigenvalue weighted by molar-refractivity contribution is 0.282. The summed E-state index contributed by atoms with van der Waals surface area (Å²) < 4.78 is 1.03. The number of halogens is 1. The standard InChI is InChI=1S/C15H17BrN2O/c1-11-14(16)6-7-15(18-11)17-9-8-12-2-4-13(10-19)5-3-12/h2-7,19H,8-10H2,1H3,(H,17,18). The molecule has 0 aliphatic carbocycles. The molecule has 0 saturated heterocycles. The van der Waals surface area contributed by atoms with Crippen molar-refractivity contribution < 1.29 is 5.11 Å². The van der Waals surface area contributed by atoms with Crippen molar-refractivity contribution in [1.29, 1.82) is 0 Å². The van der Waals surface area contributed by atoms with Crippen LogP contribution in [0.25, 0.3) is 0 Å². The molecule has 1 heterocycles. The molecule has 0 fully saturated rings. The number of hydrogen-bond donors (Lipinski definition) is 2. The number of benzene rings is 1. The fraction of sp³-hybridized carbons (Fsp3) is 0.267. The maximum atomic E-state index is 8.98. The van der Waals surface area contributed by atoms with E-state index in [1.807, 2.05) is 43.3 Å². The number of aromatic nitrogens is 1. The Bertz CT molecular complexity index is 540. The zero-order chi connectivity index (χ0) is 13.7. The van der Waals surface area contributed by atoms with E-state index in [0.29, 0.717) is 0 Å². The van der Waals surface area contributed by atoms with E-state index in [1.54, 1.807) is 0 Å². The Morgan fingerprint density at radius 2 is 1.79 bits per heavy atom. The summed E-state index contributed by atoms with van der Waals surface area (Å²) in [4.78, 5) is 4.44. The van der Waals surface area contributed by atoms with Crippen molar-refractivity contribution in [2.45, 2.75) is 20.0 Å². The smallest absolute Gasteiger partial charge is 0.126 e. The van der Waals surface area contributed by atoms with Gasteiger partial charge in [-0.05, 0) is 52.5 Å². The van der Waals surface area contributed by atoms with Gasteiger partial charge < -0.3 is 10.4 Å². The second kappa shape index (κ2) is 6.68. The van der Waals surface area contributed by atoms with Gasteiger partial charge in [0.15, 0.2) is 0 Å². The van der Waals surface area contributed by atoms with E-state index < -0.39 is 0 Å². The molecule has 0 atom stereocenters. The van der Waals surface area contributed by atoms with Gasteiger partial charge in [-0.25, -0.2) is 4.98 Å². The first kappa shape index (κ1) is 14.0. The van der Waals surface area contributed by atoms with Crippen molar-refractivity contribution in [3.05, 3.63) is 57.7 Å². The van der Waals surface area contributed by atoms with E-state index >= 15 is 0 Å². The summed E-state index contributed by atoms with van der Waals surface area (Å²) in [5.74, 6) is 0.896. The molecule has 2 rings (SSSR count). The summed E-state index contributed by atoms with van der Waals surface area (Å²) in [6, 6.07) is 12.0. The van der Waals surface area contributed by atoms with Crippen molar-refractivity contribution in [1.82, 2.24) is 4.98 Å². The van der Waals surface area contributed by atoms with Gasteiger partial charge in [0.1, 0.15) is 5.82 Å². The monoisotopic (exact) mass is 320 g/mol. The van der Waals surface area contributed by atoms with Crippen LogP contribution in [0.4, 0.5) is 5.82 Å². The maximum absolute atomic E-state index is 8.98. The van der Waals surface area contributed by atoms with E-state index in [-0.39, 0.29) is 6.61 Å². The Morgan fingerprint density at radius 3 is 2.42 bits per heavy atom. The van der Waals surface area contributed by atoms with Crippen molar-refractivity contribution in [3.63, 3.8) is 0 Å². The number of nitrogens with one attached hydrogen (secondary N) is 1. The van der Waals surface area contributed by atoms with Crippen molar-refractivity contribution in [3.8, 4) is 0 Å². The first-order chi connectivity index (χ1) is 9.19. The Kier molecular flexibility index (Phi) is 4.93. The van der Waals surface area contributed by atoms with Crippen molar-refractivity contribution in [2.75, 3.05) is 11.9 Å². The van der Waals surface area contributed by atoms with E-state index in [1.165, 1.54) is 5.56 Å². The number of anilines is 1. The highest BCUT2D eigenvalue weighted by atomic mass is 79.9. The normalized spacial score (nSPS) is 10.5. The molecule has 4 heteroatoms. The first-order valence-electron chi connectivity index (χ1n) is 6.25. The molecule has 3 nitrogen and oxygen atoms in total. The van der Waals surface area contributed by atoms with E-state index in [9.17, 15) is 0 Å². The van der Waals surface area contributed by atoms with Crippen LogP contribution in [0.1, 0.15) is 16.8 Å². The molecule has 0 amide bonds. The largest absolute Gasteiger partial charge is 0.392 e. The molecule has 0 saturated carbocycles. The molecule has 19 heavy (non-hydrogen) atoms. The quantitative estimate of drug-likeness (QED) is 0.888. The summed E-state index contributed by atoms with van der Waals surface area (Å²) in [5.41, 5.74) is 3.18. The zero-order valence-electron chi connectivity index (χ0n) is 10.9. The third kappa shape index (κ3) is 4.04. The Hall–Kier alpha value is -1.39. The number of rotatable bonds is 5. The van der Waals surface area contributed by atoms with Crippen LogP contribution in [0.3, 0.4) is 0 Å². The Morgan fingerprint density at radius 1 is 1.11 bits per heavy atom. The van der Waals surface area contributed by atoms with Crippen molar-refractivity contribution >= 4 is 21.7 Å². The SMILES string of the molecule is Cc1nc(NCCc2ccc(CO)cc2)ccc1Br. The Balaban J connectivity index is 1.86. The van der Waals surface area contributed by atoms with Crippen LogP contribution in [-0.2, 0) is 13.0 Å². The molecule has 0 radical (unpaired) electrons. The first-order valence-corrected chi connectivity index (χ1v) is 7.04. The van der Waals surface area contributed by atoms with Gasteiger partial charge in [0.25, 0.3) is 0 Å². The Labute approximate surface area is 121 Å². The third-order valence-electron chi connectivity index (χ3n) is 2.95. The van der Waals surface area contributed by atoms with Gasteiger partial charge in [-0.3, -0.25) is 0 Å². The van der Waals surface area contributed by atoms with Gasteiger partial charge in [-0.15, -0.1) is 0 Å². The number of aliphatic hydroxyl groups excluding tert-OH is 1. The average molecular weight is 321 g/mol. The average Bonchev–Trinajstić information content (AvgIpc) is 2.43. The highest BCUT2D eigenvalue weighted by Crippen LogP contribution is 2.16. The number of nitrogens with zero attached hydrogens (tertiary/aromatic N) is 1. The summed E-state index contributed by atoms with van der Waals surface area (Å²) >= 11 is 3.44. The molecule has 0 aliphatic rings. The van der Waals surface area contributed by atoms with Crippen LogP contribution in [0, 0.1) is 6.92 Å². The van der Waals surface area contributed by atoms with Gasteiger partial charge >= 0.3 is 0 Å². The van der Waals surface area contributed by atoms with E-state index in [0.717, 1.165) is 34.5 Å². The molecule has 2 aromatic rings. The minimum absolute atomic E-state index is 0.0978. The lowest BCUT2D eigenvalue weighted by Crippen LogP contribution is -2.06. The van der Waals surface area contributed by atoms with E-state index in [2.05, 4.69) is 26.2 Å². The predicted octanol–water partition coefficient (Wildman–Crippen LogP) is 3.30. The molecule has 1 aromatic carbocycles. The summed E-state index contributed by atoms with van der Waals surface area (Å²) in [5, 5.41) is 12.3. The van der Waals surface area contributed by atoms with Crippen LogP contribution >= 0.6 is 15.9 Å². The van der Waals surface area contributed by atoms with Gasteiger partial charge in [-0.1, -0.05) is 24.3 Å². The predicted molar refractivity (Wildman–Crippen MR) is 81.2 cm³/mol. The fourth-order valence-electron chi connectivity index (χ4n) is 1.79. The third-order valence-corrected chi connectivity index (χ3v) is 3.78. The minimum Gasteiger partial charge on any atom is -0.392 e. The molecule has 2 N–H and O–H groups in total. The molecule has 0 spiro atoms. The highest BCUT2D eigenvalue weighted by molar-refractivity contribution is 9.10. The zero-order valence-corrected chi connectivity index (χ0v) is 12.4. The maximum Gasteiger partial charge on any atom is 0.126 e. The van der Waals surface area contributed by atoms with Gasteiger partial charge in [0.2, 0.25) is 0 Å². The molecule has 0 bridgehead atoms. The number of aliphatic hydroxyl groups is 1. The second-order valence-electron chi connectivity index (χ2n) is 4.42. The highest BCUT2D eigenvalue weighted by Gasteiger charge is 1.99. The summed E-state index contributed by atoms with van der Waals surface area (Å²) in [6.07, 6.45) is 0.933. The fourth-order valence-corrected chi connectivity index (χ4v) is 2.01. The topological polar surface area (TPSA) is 45.2 Å². The molecular weight excluding hydrogens is 304 g/mol. The van der Waals surface area contributed by atoms with Crippen LogP contribution in [0.2, 0.25) is 0 Å². The van der Waals surface area contributed by atoms with Gasteiger partial charge in [-0.2, -0.15) is 0 Å². The van der Waals surface area contributed by atoms with Crippen molar-refractivity contribution in [2.24, 2.45) is 0 Å². The molecule has 100 valence electrons. The minimum atomic E-state index is 0.0978. The molecular formula is C15H17BrN2O. The van der Waals surface area contributed by atoms with Crippen LogP contribution in [0.5, 0.6) is 0 Å². The molecule has 1 aromatic heterocycles. The number of hydrogen-bond acceptors (Lipinski definition) is 3. The number of pyridine rings is 1. The van der Waals surface area contributed by atoms with Crippen LogP contribution in [-0.4, -0.2) is 16.6 Å². The van der Waals surface area contributed by atoms with Gasteiger partial charge in [0, 0.05) is 11.0 Å². The van der Waals surface area contributed by atoms with Crippen LogP contribution in [0.15, 0.2) is 40.9 Å². The lowest BCUT2D eigenvalue weighted by Gasteiger charge is -2.07. The van der Waals surface area contributed by atoms with E-state index in [4.69, 9.17) is 5.11 Å². The number of aryl methyl sites for hydroxylation is 1. The van der Waals surface area contributed by atoms with Gasteiger partial charge in [0.05, 0.1) is 12.3 Å². The van der Waals surface area contributed by atoms with Crippen LogP contribution < -0.4 is 5.32 Å².